The minimum absolute atomic E-state index is 0.128. The van der Waals surface area contributed by atoms with E-state index < -0.39 is 0 Å². The molecular weight excluding hydrogens is 274 g/mol. The van der Waals surface area contributed by atoms with Gasteiger partial charge in [0, 0.05) is 22.2 Å². The number of nitrogens with zero attached hydrogens (tertiary/aromatic N) is 1. The van der Waals surface area contributed by atoms with Gasteiger partial charge in [0.05, 0.1) is 4.92 Å². The number of aliphatic hydroxyl groups is 1. The molecule has 0 aliphatic heterocycles. The average molecular weight is 288 g/mol. The van der Waals surface area contributed by atoms with Crippen LogP contribution in [0.25, 0.3) is 0 Å². The van der Waals surface area contributed by atoms with E-state index in [0.29, 0.717) is 18.4 Å². The predicted octanol–water partition coefficient (Wildman–Crippen LogP) is 2.98. The van der Waals surface area contributed by atoms with Crippen molar-refractivity contribution >= 4 is 21.6 Å². The number of benzene rings is 1. The summed E-state index contributed by atoms with van der Waals surface area (Å²) in [6.45, 7) is 1.86. The van der Waals surface area contributed by atoms with Gasteiger partial charge < -0.3 is 5.11 Å². The molecule has 5 heteroatoms. The number of hydrogen-bond donors (Lipinski definition) is 1. The quantitative estimate of drug-likeness (QED) is 0.514. The van der Waals surface area contributed by atoms with Gasteiger partial charge in [0.15, 0.2) is 0 Å². The largest absolute Gasteiger partial charge is 0.396 e. The summed E-state index contributed by atoms with van der Waals surface area (Å²) in [5, 5.41) is 19.6. The summed E-state index contributed by atoms with van der Waals surface area (Å²) >= 11 is 3.29. The number of rotatable bonds is 5. The van der Waals surface area contributed by atoms with Crippen LogP contribution >= 0.6 is 15.9 Å². The smallest absolute Gasteiger partial charge is 0.276 e. The first-order chi connectivity index (χ1) is 7.57. The number of nitro groups is 1. The maximum absolute atomic E-state index is 11.0. The van der Waals surface area contributed by atoms with Gasteiger partial charge in [0.2, 0.25) is 0 Å². The van der Waals surface area contributed by atoms with Gasteiger partial charge in [0.25, 0.3) is 5.69 Å². The lowest BCUT2D eigenvalue weighted by molar-refractivity contribution is -0.386. The predicted molar refractivity (Wildman–Crippen MR) is 65.6 cm³/mol. The minimum atomic E-state index is -0.339. The molecule has 88 valence electrons. The van der Waals surface area contributed by atoms with E-state index in [9.17, 15) is 10.1 Å². The van der Waals surface area contributed by atoms with Gasteiger partial charge in [-0.25, -0.2) is 0 Å². The normalized spacial score (nSPS) is 10.4. The summed E-state index contributed by atoms with van der Waals surface area (Å²) in [7, 11) is 0. The van der Waals surface area contributed by atoms with Crippen molar-refractivity contribution in [1.29, 1.82) is 0 Å². The zero-order chi connectivity index (χ0) is 12.1. The molecule has 0 unspecified atom stereocenters. The van der Waals surface area contributed by atoms with Crippen molar-refractivity contribution in [3.8, 4) is 0 Å². The minimum Gasteiger partial charge on any atom is -0.396 e. The third-order valence-corrected chi connectivity index (χ3v) is 3.34. The molecule has 1 aromatic carbocycles. The Balaban J connectivity index is 2.99. The van der Waals surface area contributed by atoms with Crippen LogP contribution in [0.3, 0.4) is 0 Å². The van der Waals surface area contributed by atoms with E-state index in [1.54, 1.807) is 13.0 Å². The standard InChI is InChI=1S/C11H14BrNO3/c1-8-10(12)6-5-9(4-2-3-7-14)11(8)13(15)16/h5-6,14H,2-4,7H2,1H3. The summed E-state index contributed by atoms with van der Waals surface area (Å²) in [6, 6.07) is 3.60. The number of aliphatic hydroxyl groups excluding tert-OH is 1. The van der Waals surface area contributed by atoms with Gasteiger partial charge in [-0.1, -0.05) is 22.0 Å². The molecule has 4 nitrogen and oxygen atoms in total. The van der Waals surface area contributed by atoms with Gasteiger partial charge in [-0.3, -0.25) is 10.1 Å². The number of unbranched alkanes of at least 4 members (excludes halogenated alkanes) is 1. The Labute approximate surface area is 103 Å². The summed E-state index contributed by atoms with van der Waals surface area (Å²) in [5.74, 6) is 0. The van der Waals surface area contributed by atoms with Crippen molar-refractivity contribution in [3.05, 3.63) is 37.8 Å². The fraction of sp³-hybridized carbons (Fsp3) is 0.455. The highest BCUT2D eigenvalue weighted by Gasteiger charge is 2.18. The van der Waals surface area contributed by atoms with Crippen LogP contribution < -0.4 is 0 Å². The Bertz CT molecular complexity index is 393. The van der Waals surface area contributed by atoms with E-state index in [0.717, 1.165) is 16.5 Å². The monoisotopic (exact) mass is 287 g/mol. The summed E-state index contributed by atoms with van der Waals surface area (Å²) < 4.78 is 0.755. The molecule has 1 N–H and O–H groups in total. The second kappa shape index (κ2) is 5.96. The van der Waals surface area contributed by atoms with Gasteiger partial charge in [-0.15, -0.1) is 0 Å². The maximum Gasteiger partial charge on any atom is 0.276 e. The number of nitro benzene ring substituents is 1. The topological polar surface area (TPSA) is 63.4 Å². The van der Waals surface area contributed by atoms with Gasteiger partial charge in [0.1, 0.15) is 0 Å². The number of halogens is 1. The molecule has 1 rings (SSSR count). The Morgan fingerprint density at radius 1 is 1.44 bits per heavy atom. The summed E-state index contributed by atoms with van der Waals surface area (Å²) in [6.07, 6.45) is 2.07. The molecule has 0 aromatic heterocycles. The lowest BCUT2D eigenvalue weighted by atomic mass is 10.0. The third-order valence-electron chi connectivity index (χ3n) is 2.49. The van der Waals surface area contributed by atoms with E-state index in [4.69, 9.17) is 5.11 Å². The van der Waals surface area contributed by atoms with Crippen LogP contribution in [-0.2, 0) is 6.42 Å². The SMILES string of the molecule is Cc1c(Br)ccc(CCCCO)c1[N+](=O)[O-]. The zero-order valence-electron chi connectivity index (χ0n) is 9.07. The van der Waals surface area contributed by atoms with Crippen molar-refractivity contribution in [2.75, 3.05) is 6.61 Å². The summed E-state index contributed by atoms with van der Waals surface area (Å²) in [4.78, 5) is 10.6. The van der Waals surface area contributed by atoms with Gasteiger partial charge in [-0.2, -0.15) is 0 Å². The molecule has 0 radical (unpaired) electrons. The van der Waals surface area contributed by atoms with Gasteiger partial charge >= 0.3 is 0 Å². The van der Waals surface area contributed by atoms with Crippen molar-refractivity contribution in [1.82, 2.24) is 0 Å². The molecule has 0 spiro atoms. The first kappa shape index (κ1) is 13.1. The highest BCUT2D eigenvalue weighted by atomic mass is 79.9. The summed E-state index contributed by atoms with van der Waals surface area (Å²) in [5.41, 5.74) is 1.58. The molecule has 0 bridgehead atoms. The highest BCUT2D eigenvalue weighted by molar-refractivity contribution is 9.10. The first-order valence-electron chi connectivity index (χ1n) is 5.11. The highest BCUT2D eigenvalue weighted by Crippen LogP contribution is 2.30. The molecular formula is C11H14BrNO3. The average Bonchev–Trinajstić information content (AvgIpc) is 2.23. The van der Waals surface area contributed by atoms with E-state index in [1.165, 1.54) is 0 Å². The Kier molecular flexibility index (Phi) is 4.89. The Hall–Kier alpha value is -0.940. The molecule has 0 amide bonds. The van der Waals surface area contributed by atoms with Crippen molar-refractivity contribution in [2.45, 2.75) is 26.2 Å². The molecule has 0 aliphatic carbocycles. The Morgan fingerprint density at radius 2 is 2.12 bits per heavy atom. The van der Waals surface area contributed by atoms with Crippen LogP contribution in [0.1, 0.15) is 24.0 Å². The maximum atomic E-state index is 11.0. The number of hydrogen-bond acceptors (Lipinski definition) is 3. The number of aryl methyl sites for hydroxylation is 1. The zero-order valence-corrected chi connectivity index (χ0v) is 10.7. The molecule has 16 heavy (non-hydrogen) atoms. The molecule has 0 heterocycles. The lowest BCUT2D eigenvalue weighted by Crippen LogP contribution is -1.99. The lowest BCUT2D eigenvalue weighted by Gasteiger charge is -2.06. The molecule has 0 saturated heterocycles. The van der Waals surface area contributed by atoms with E-state index in [-0.39, 0.29) is 17.2 Å². The van der Waals surface area contributed by atoms with Gasteiger partial charge in [-0.05, 0) is 32.3 Å². The van der Waals surface area contributed by atoms with Crippen LogP contribution in [0, 0.1) is 17.0 Å². The van der Waals surface area contributed by atoms with E-state index >= 15 is 0 Å². The molecule has 0 atom stereocenters. The second-order valence-electron chi connectivity index (χ2n) is 3.62. The van der Waals surface area contributed by atoms with Crippen LogP contribution in [0.15, 0.2) is 16.6 Å². The van der Waals surface area contributed by atoms with E-state index in [1.807, 2.05) is 6.07 Å². The molecule has 0 fully saturated rings. The van der Waals surface area contributed by atoms with Crippen LogP contribution in [0.5, 0.6) is 0 Å². The second-order valence-corrected chi connectivity index (χ2v) is 4.47. The van der Waals surface area contributed by atoms with Crippen LogP contribution in [-0.4, -0.2) is 16.6 Å². The van der Waals surface area contributed by atoms with E-state index in [2.05, 4.69) is 15.9 Å². The molecule has 0 aliphatic rings. The Morgan fingerprint density at radius 3 is 2.69 bits per heavy atom. The fourth-order valence-corrected chi connectivity index (χ4v) is 1.93. The van der Waals surface area contributed by atoms with Crippen molar-refractivity contribution < 1.29 is 10.0 Å². The van der Waals surface area contributed by atoms with Crippen LogP contribution in [0.4, 0.5) is 5.69 Å². The van der Waals surface area contributed by atoms with Crippen molar-refractivity contribution in [3.63, 3.8) is 0 Å². The fourth-order valence-electron chi connectivity index (χ4n) is 1.61. The van der Waals surface area contributed by atoms with Crippen molar-refractivity contribution in [2.24, 2.45) is 0 Å². The molecule has 0 saturated carbocycles. The first-order valence-corrected chi connectivity index (χ1v) is 5.90. The van der Waals surface area contributed by atoms with Crippen LogP contribution in [0.2, 0.25) is 0 Å². The third kappa shape index (κ3) is 3.02. The molecule has 1 aromatic rings.